The first-order valence-electron chi connectivity index (χ1n) is 3.68. The summed E-state index contributed by atoms with van der Waals surface area (Å²) in [6.45, 7) is 5.91. The highest BCUT2D eigenvalue weighted by Gasteiger charge is 1.96. The van der Waals surface area contributed by atoms with Crippen LogP contribution in [0.15, 0.2) is 29.3 Å². The van der Waals surface area contributed by atoms with Gasteiger partial charge in [0.05, 0.1) is 0 Å². The molecule has 1 rings (SSSR count). The predicted octanol–water partition coefficient (Wildman–Crippen LogP) is 3.65. The van der Waals surface area contributed by atoms with Crippen molar-refractivity contribution in [3.8, 4) is 0 Å². The van der Waals surface area contributed by atoms with Crippen molar-refractivity contribution in [2.75, 3.05) is 0 Å². The van der Waals surface area contributed by atoms with Gasteiger partial charge in [0, 0.05) is 4.47 Å². The van der Waals surface area contributed by atoms with Gasteiger partial charge in [0.25, 0.3) is 0 Å². The first-order valence-corrected chi connectivity index (χ1v) is 4.48. The molecule has 0 aliphatic rings. The molecule has 0 aliphatic carbocycles. The third-order valence-corrected chi connectivity index (χ3v) is 2.20. The maximum atomic E-state index is 3.76. The Balaban J connectivity index is 3.16. The van der Waals surface area contributed by atoms with E-state index in [-0.39, 0.29) is 0 Å². The van der Waals surface area contributed by atoms with E-state index >= 15 is 0 Å². The van der Waals surface area contributed by atoms with E-state index in [1.54, 1.807) is 0 Å². The number of benzene rings is 1. The van der Waals surface area contributed by atoms with Gasteiger partial charge in [-0.2, -0.15) is 0 Å². The van der Waals surface area contributed by atoms with Gasteiger partial charge in [0.15, 0.2) is 0 Å². The van der Waals surface area contributed by atoms with E-state index in [9.17, 15) is 0 Å². The van der Waals surface area contributed by atoms with Crippen molar-refractivity contribution in [3.63, 3.8) is 0 Å². The van der Waals surface area contributed by atoms with Crippen LogP contribution in [0.2, 0.25) is 0 Å². The standard InChI is InChI=1S/C10H11Br/c1-3-8-5-6-10(11)7-9(8)4-2/h4-7H,2-3H2,1H3. The molecule has 0 bridgehead atoms. The van der Waals surface area contributed by atoms with E-state index in [0.717, 1.165) is 10.9 Å². The van der Waals surface area contributed by atoms with Crippen LogP contribution >= 0.6 is 15.9 Å². The summed E-state index contributed by atoms with van der Waals surface area (Å²) in [4.78, 5) is 0. The van der Waals surface area contributed by atoms with E-state index in [0.29, 0.717) is 0 Å². The molecule has 0 spiro atoms. The van der Waals surface area contributed by atoms with E-state index < -0.39 is 0 Å². The maximum absolute atomic E-state index is 3.76. The number of aryl methyl sites for hydroxylation is 1. The number of halogens is 1. The Hall–Kier alpha value is -0.560. The molecule has 0 radical (unpaired) electrons. The lowest BCUT2D eigenvalue weighted by Gasteiger charge is -2.02. The molecule has 0 aliphatic heterocycles. The van der Waals surface area contributed by atoms with Crippen LogP contribution in [-0.4, -0.2) is 0 Å². The molecule has 0 saturated heterocycles. The van der Waals surface area contributed by atoms with Crippen molar-refractivity contribution in [2.24, 2.45) is 0 Å². The van der Waals surface area contributed by atoms with Crippen LogP contribution in [0.3, 0.4) is 0 Å². The lowest BCUT2D eigenvalue weighted by molar-refractivity contribution is 1.13. The minimum Gasteiger partial charge on any atom is -0.0985 e. The minimum absolute atomic E-state index is 1.06. The molecule has 0 aromatic heterocycles. The van der Waals surface area contributed by atoms with Crippen LogP contribution in [0.4, 0.5) is 0 Å². The van der Waals surface area contributed by atoms with Crippen LogP contribution < -0.4 is 0 Å². The van der Waals surface area contributed by atoms with E-state index in [4.69, 9.17) is 0 Å². The normalized spacial score (nSPS) is 9.64. The first-order chi connectivity index (χ1) is 5.27. The summed E-state index contributed by atoms with van der Waals surface area (Å²) in [7, 11) is 0. The Labute approximate surface area is 76.1 Å². The van der Waals surface area contributed by atoms with Crippen LogP contribution in [0, 0.1) is 0 Å². The quantitative estimate of drug-likeness (QED) is 0.700. The van der Waals surface area contributed by atoms with Crippen LogP contribution in [0.1, 0.15) is 18.1 Å². The van der Waals surface area contributed by atoms with Gasteiger partial charge in [0.2, 0.25) is 0 Å². The summed E-state index contributed by atoms with van der Waals surface area (Å²) in [6, 6.07) is 6.28. The zero-order valence-electron chi connectivity index (χ0n) is 6.60. The molecule has 0 N–H and O–H groups in total. The number of rotatable bonds is 2. The monoisotopic (exact) mass is 210 g/mol. The number of hydrogen-bond donors (Lipinski definition) is 0. The SMILES string of the molecule is C=Cc1cc(Br)ccc1CC. The van der Waals surface area contributed by atoms with Gasteiger partial charge < -0.3 is 0 Å². The highest BCUT2D eigenvalue weighted by atomic mass is 79.9. The predicted molar refractivity (Wildman–Crippen MR) is 53.6 cm³/mol. The molecule has 0 amide bonds. The number of hydrogen-bond acceptors (Lipinski definition) is 0. The van der Waals surface area contributed by atoms with Gasteiger partial charge >= 0.3 is 0 Å². The van der Waals surface area contributed by atoms with Crippen molar-refractivity contribution < 1.29 is 0 Å². The van der Waals surface area contributed by atoms with Crippen LogP contribution in [0.5, 0.6) is 0 Å². The zero-order chi connectivity index (χ0) is 8.27. The molecule has 1 aromatic carbocycles. The summed E-state index contributed by atoms with van der Waals surface area (Å²) in [6.07, 6.45) is 2.96. The van der Waals surface area contributed by atoms with Gasteiger partial charge in [-0.1, -0.05) is 41.6 Å². The topological polar surface area (TPSA) is 0 Å². The molecule has 1 aromatic rings. The lowest BCUT2D eigenvalue weighted by Crippen LogP contribution is -1.84. The molecule has 0 unspecified atom stereocenters. The molecule has 1 heteroatoms. The van der Waals surface area contributed by atoms with Crippen molar-refractivity contribution in [3.05, 3.63) is 40.4 Å². The lowest BCUT2D eigenvalue weighted by atomic mass is 10.1. The third-order valence-electron chi connectivity index (χ3n) is 1.71. The Morgan fingerprint density at radius 3 is 2.82 bits per heavy atom. The molecular formula is C10H11Br. The molecular weight excluding hydrogens is 200 g/mol. The van der Waals surface area contributed by atoms with Crippen molar-refractivity contribution in [2.45, 2.75) is 13.3 Å². The third kappa shape index (κ3) is 1.93. The summed E-state index contributed by atoms with van der Waals surface area (Å²) < 4.78 is 1.12. The molecule has 11 heavy (non-hydrogen) atoms. The molecule has 0 fully saturated rings. The average Bonchev–Trinajstić information content (AvgIpc) is 2.04. The fraction of sp³-hybridized carbons (Fsp3) is 0.200. The molecule has 0 atom stereocenters. The highest BCUT2D eigenvalue weighted by Crippen LogP contribution is 2.17. The average molecular weight is 211 g/mol. The zero-order valence-corrected chi connectivity index (χ0v) is 8.19. The van der Waals surface area contributed by atoms with E-state index in [1.165, 1.54) is 11.1 Å². The largest absolute Gasteiger partial charge is 0.0985 e. The second-order valence-corrected chi connectivity index (χ2v) is 3.32. The van der Waals surface area contributed by atoms with E-state index in [1.807, 2.05) is 6.08 Å². The second kappa shape index (κ2) is 3.72. The fourth-order valence-electron chi connectivity index (χ4n) is 1.08. The Morgan fingerprint density at radius 2 is 2.27 bits per heavy atom. The molecule has 0 nitrogen and oxygen atoms in total. The van der Waals surface area contributed by atoms with Gasteiger partial charge in [-0.15, -0.1) is 0 Å². The van der Waals surface area contributed by atoms with Crippen LogP contribution in [-0.2, 0) is 6.42 Å². The second-order valence-electron chi connectivity index (χ2n) is 2.40. The van der Waals surface area contributed by atoms with Gasteiger partial charge in [-0.3, -0.25) is 0 Å². The minimum atomic E-state index is 1.06. The Bertz CT molecular complexity index is 264. The Morgan fingerprint density at radius 1 is 1.55 bits per heavy atom. The van der Waals surface area contributed by atoms with E-state index in [2.05, 4.69) is 47.6 Å². The summed E-state index contributed by atoms with van der Waals surface area (Å²) >= 11 is 3.42. The van der Waals surface area contributed by atoms with Gasteiger partial charge in [-0.05, 0) is 29.7 Å². The molecule has 0 heterocycles. The van der Waals surface area contributed by atoms with Crippen molar-refractivity contribution in [1.29, 1.82) is 0 Å². The molecule has 58 valence electrons. The summed E-state index contributed by atoms with van der Waals surface area (Å²) in [5.41, 5.74) is 2.57. The summed E-state index contributed by atoms with van der Waals surface area (Å²) in [5, 5.41) is 0. The first kappa shape index (κ1) is 8.54. The summed E-state index contributed by atoms with van der Waals surface area (Å²) in [5.74, 6) is 0. The smallest absolute Gasteiger partial charge is 0.0181 e. The van der Waals surface area contributed by atoms with Crippen molar-refractivity contribution in [1.82, 2.24) is 0 Å². The highest BCUT2D eigenvalue weighted by molar-refractivity contribution is 9.10. The molecule has 0 saturated carbocycles. The Kier molecular flexibility index (Phi) is 2.89. The fourth-order valence-corrected chi connectivity index (χ4v) is 1.46. The van der Waals surface area contributed by atoms with Gasteiger partial charge in [0.1, 0.15) is 0 Å². The van der Waals surface area contributed by atoms with Crippen molar-refractivity contribution >= 4 is 22.0 Å². The maximum Gasteiger partial charge on any atom is 0.0181 e. The van der Waals surface area contributed by atoms with Gasteiger partial charge in [-0.25, -0.2) is 0 Å². The van der Waals surface area contributed by atoms with Crippen LogP contribution in [0.25, 0.3) is 6.08 Å².